The lowest BCUT2D eigenvalue weighted by atomic mass is 10.8. The van der Waals surface area contributed by atoms with Crippen molar-refractivity contribution < 1.29 is 4.74 Å². The predicted molar refractivity (Wildman–Crippen MR) is 41.5 cm³/mol. The summed E-state index contributed by atoms with van der Waals surface area (Å²) in [6, 6.07) is 0. The zero-order valence-electron chi connectivity index (χ0n) is 6.98. The van der Waals surface area contributed by atoms with Crippen LogP contribution in [0.15, 0.2) is 24.8 Å². The van der Waals surface area contributed by atoms with Crippen molar-refractivity contribution in [1.82, 2.24) is 30.0 Å². The van der Waals surface area contributed by atoms with Gasteiger partial charge in [0.25, 0.3) is 6.35 Å². The summed E-state index contributed by atoms with van der Waals surface area (Å²) < 4.78 is 8.23. The van der Waals surface area contributed by atoms with Gasteiger partial charge >= 0.3 is 0 Å². The van der Waals surface area contributed by atoms with E-state index in [1.807, 2.05) is 0 Å². The minimum Gasteiger partial charge on any atom is -0.341 e. The molecule has 68 valence electrons. The molecule has 0 saturated heterocycles. The maximum absolute atomic E-state index is 5.16. The van der Waals surface area contributed by atoms with E-state index in [1.165, 1.54) is 9.36 Å². The van der Waals surface area contributed by atoms with Gasteiger partial charge in [0.1, 0.15) is 0 Å². The minimum atomic E-state index is -0.426. The van der Waals surface area contributed by atoms with E-state index < -0.39 is 6.35 Å². The Balaban J connectivity index is 2.29. The Labute approximate surface area is 73.9 Å². The molecular weight excluding hydrogens is 172 g/mol. The molecule has 0 fully saturated rings. The molecule has 13 heavy (non-hydrogen) atoms. The molecule has 0 amide bonds. The topological polar surface area (TPSA) is 70.7 Å². The molecule has 0 unspecified atom stereocenters. The van der Waals surface area contributed by atoms with Crippen LogP contribution in [0.3, 0.4) is 0 Å². The molecule has 0 aliphatic carbocycles. The van der Waals surface area contributed by atoms with Crippen molar-refractivity contribution in [2.45, 2.75) is 6.35 Å². The number of rotatable bonds is 3. The van der Waals surface area contributed by atoms with Crippen LogP contribution in [0.4, 0.5) is 0 Å². The fourth-order valence-electron chi connectivity index (χ4n) is 1.01. The Bertz CT molecular complexity index is 307. The highest BCUT2D eigenvalue weighted by Crippen LogP contribution is 2.05. The van der Waals surface area contributed by atoms with Gasteiger partial charge in [0.05, 0.1) is 24.8 Å². The lowest BCUT2D eigenvalue weighted by molar-refractivity contribution is -0.00284. The summed E-state index contributed by atoms with van der Waals surface area (Å²) in [7, 11) is 1.56. The molecule has 0 bridgehead atoms. The van der Waals surface area contributed by atoms with Crippen molar-refractivity contribution in [1.29, 1.82) is 0 Å². The van der Waals surface area contributed by atoms with Gasteiger partial charge < -0.3 is 4.74 Å². The molecule has 0 aliphatic heterocycles. The van der Waals surface area contributed by atoms with E-state index in [1.54, 1.807) is 31.9 Å². The third kappa shape index (κ3) is 1.41. The summed E-state index contributed by atoms with van der Waals surface area (Å²) in [5.41, 5.74) is 0. The van der Waals surface area contributed by atoms with Crippen molar-refractivity contribution in [2.75, 3.05) is 7.11 Å². The highest BCUT2D eigenvalue weighted by Gasteiger charge is 2.12. The number of ether oxygens (including phenoxy) is 1. The standard InChI is InChI=1S/C6H8N6O/c1-13-6(11-4-2-7-9-11)12-5-3-8-10-12/h2-6H,1H3. The van der Waals surface area contributed by atoms with E-state index in [-0.39, 0.29) is 0 Å². The summed E-state index contributed by atoms with van der Waals surface area (Å²) in [6.45, 7) is 0. The van der Waals surface area contributed by atoms with Gasteiger partial charge in [-0.15, -0.1) is 10.2 Å². The maximum Gasteiger partial charge on any atom is 0.251 e. The smallest absolute Gasteiger partial charge is 0.251 e. The monoisotopic (exact) mass is 180 g/mol. The Morgan fingerprint density at radius 1 is 1.08 bits per heavy atom. The van der Waals surface area contributed by atoms with Crippen LogP contribution < -0.4 is 0 Å². The predicted octanol–water partition coefficient (Wildman–Crippen LogP) is -0.480. The number of hydrogen-bond donors (Lipinski definition) is 0. The molecular formula is C6H8N6O. The second kappa shape index (κ2) is 3.31. The highest BCUT2D eigenvalue weighted by atomic mass is 16.5. The van der Waals surface area contributed by atoms with Gasteiger partial charge in [0.2, 0.25) is 0 Å². The number of methoxy groups -OCH3 is 1. The summed E-state index contributed by atoms with van der Waals surface area (Å²) >= 11 is 0. The minimum absolute atomic E-state index is 0.426. The van der Waals surface area contributed by atoms with Crippen LogP contribution in [-0.4, -0.2) is 37.1 Å². The van der Waals surface area contributed by atoms with E-state index in [2.05, 4.69) is 20.6 Å². The maximum atomic E-state index is 5.16. The molecule has 0 radical (unpaired) electrons. The van der Waals surface area contributed by atoms with Gasteiger partial charge in [-0.1, -0.05) is 10.4 Å². The Hall–Kier alpha value is -1.76. The van der Waals surface area contributed by atoms with Gasteiger partial charge in [0.15, 0.2) is 0 Å². The lowest BCUT2D eigenvalue weighted by Gasteiger charge is -2.13. The third-order valence-electron chi connectivity index (χ3n) is 1.55. The Morgan fingerprint density at radius 3 is 1.92 bits per heavy atom. The quantitative estimate of drug-likeness (QED) is 0.638. The molecule has 7 nitrogen and oxygen atoms in total. The Kier molecular flexibility index (Phi) is 2.01. The first-order chi connectivity index (χ1) is 6.42. The molecule has 0 spiro atoms. The average Bonchev–Trinajstić information content (AvgIpc) is 2.76. The van der Waals surface area contributed by atoms with Gasteiger partial charge in [-0.05, 0) is 0 Å². The summed E-state index contributed by atoms with van der Waals surface area (Å²) in [5, 5.41) is 14.9. The molecule has 0 aliphatic rings. The van der Waals surface area contributed by atoms with Gasteiger partial charge in [0, 0.05) is 7.11 Å². The summed E-state index contributed by atoms with van der Waals surface area (Å²) in [6.07, 6.45) is 6.10. The fourth-order valence-corrected chi connectivity index (χ4v) is 1.01. The van der Waals surface area contributed by atoms with Crippen LogP contribution in [0.25, 0.3) is 0 Å². The van der Waals surface area contributed by atoms with Gasteiger partial charge in [-0.25, -0.2) is 9.36 Å². The van der Waals surface area contributed by atoms with E-state index in [4.69, 9.17) is 4.74 Å². The molecule has 0 atom stereocenters. The second-order valence-electron chi connectivity index (χ2n) is 2.33. The van der Waals surface area contributed by atoms with Crippen LogP contribution in [0, 0.1) is 0 Å². The van der Waals surface area contributed by atoms with Crippen LogP contribution in [0.2, 0.25) is 0 Å². The number of nitrogens with zero attached hydrogens (tertiary/aromatic N) is 6. The SMILES string of the molecule is COC(n1ccnn1)n1ccnn1. The van der Waals surface area contributed by atoms with Crippen LogP contribution in [0.5, 0.6) is 0 Å². The first-order valence-electron chi connectivity index (χ1n) is 3.66. The van der Waals surface area contributed by atoms with Crippen LogP contribution in [-0.2, 0) is 4.74 Å². The first kappa shape index (κ1) is 7.87. The summed E-state index contributed by atoms with van der Waals surface area (Å²) in [4.78, 5) is 0. The summed E-state index contributed by atoms with van der Waals surface area (Å²) in [5.74, 6) is 0. The van der Waals surface area contributed by atoms with Crippen molar-refractivity contribution in [3.8, 4) is 0 Å². The van der Waals surface area contributed by atoms with Gasteiger partial charge in [-0.2, -0.15) is 0 Å². The van der Waals surface area contributed by atoms with E-state index in [9.17, 15) is 0 Å². The molecule has 7 heteroatoms. The van der Waals surface area contributed by atoms with Crippen molar-refractivity contribution >= 4 is 0 Å². The largest absolute Gasteiger partial charge is 0.341 e. The van der Waals surface area contributed by atoms with E-state index in [0.29, 0.717) is 0 Å². The van der Waals surface area contributed by atoms with E-state index in [0.717, 1.165) is 0 Å². The second-order valence-corrected chi connectivity index (χ2v) is 2.33. The van der Waals surface area contributed by atoms with Crippen LogP contribution >= 0.6 is 0 Å². The zero-order chi connectivity index (χ0) is 9.10. The molecule has 2 aromatic heterocycles. The molecule has 0 N–H and O–H groups in total. The highest BCUT2D eigenvalue weighted by molar-refractivity contribution is 4.72. The van der Waals surface area contributed by atoms with Crippen molar-refractivity contribution in [3.63, 3.8) is 0 Å². The third-order valence-corrected chi connectivity index (χ3v) is 1.55. The number of aromatic nitrogens is 6. The van der Waals surface area contributed by atoms with E-state index >= 15 is 0 Å². The van der Waals surface area contributed by atoms with Crippen molar-refractivity contribution in [2.24, 2.45) is 0 Å². The Morgan fingerprint density at radius 2 is 1.62 bits per heavy atom. The lowest BCUT2D eigenvalue weighted by Crippen LogP contribution is -2.21. The first-order valence-corrected chi connectivity index (χ1v) is 3.66. The van der Waals surface area contributed by atoms with Crippen LogP contribution in [0.1, 0.15) is 6.35 Å². The molecule has 2 aromatic rings. The fraction of sp³-hybridized carbons (Fsp3) is 0.333. The van der Waals surface area contributed by atoms with Crippen molar-refractivity contribution in [3.05, 3.63) is 24.8 Å². The average molecular weight is 180 g/mol. The number of hydrogen-bond acceptors (Lipinski definition) is 5. The molecule has 2 rings (SSSR count). The molecule has 0 aromatic carbocycles. The zero-order valence-corrected chi connectivity index (χ0v) is 6.98. The normalized spacial score (nSPS) is 10.9. The molecule has 2 heterocycles. The molecule has 0 saturated carbocycles. The van der Waals surface area contributed by atoms with Gasteiger partial charge in [-0.3, -0.25) is 0 Å².